The fraction of sp³-hybridized carbons (Fsp3) is 0.0833. The highest BCUT2D eigenvalue weighted by Crippen LogP contribution is 2.37. The first-order chi connectivity index (χ1) is 14.0. The molecule has 1 aliphatic heterocycles. The minimum atomic E-state index is -0.706. The Morgan fingerprint density at radius 1 is 1.10 bits per heavy atom. The van der Waals surface area contributed by atoms with Crippen LogP contribution in [0.15, 0.2) is 79.1 Å². The fourth-order valence-electron chi connectivity index (χ4n) is 3.52. The molecule has 0 saturated carbocycles. The molecule has 1 atom stereocenters. The zero-order valence-electron chi connectivity index (χ0n) is 16.0. The molecule has 1 unspecified atom stereocenters. The van der Waals surface area contributed by atoms with Crippen LogP contribution in [0.25, 0.3) is 11.1 Å². The minimum Gasteiger partial charge on any atom is -0.622 e. The minimum absolute atomic E-state index is 0.164. The molecular formula is C24H20N4O. The Morgan fingerprint density at radius 2 is 1.90 bits per heavy atom. The lowest BCUT2D eigenvalue weighted by molar-refractivity contribution is 0.551. The predicted molar refractivity (Wildman–Crippen MR) is 117 cm³/mol. The van der Waals surface area contributed by atoms with E-state index in [-0.39, 0.29) is 6.54 Å². The number of aromatic nitrogens is 1. The topological polar surface area (TPSA) is 85.8 Å². The number of nitrogen functional groups attached to an aromatic ring is 1. The monoisotopic (exact) mass is 380 g/mol. The van der Waals surface area contributed by atoms with Crippen molar-refractivity contribution < 1.29 is 0 Å². The normalized spacial score (nSPS) is 18.5. The van der Waals surface area contributed by atoms with Crippen LogP contribution >= 0.6 is 0 Å². The number of nitriles is 1. The van der Waals surface area contributed by atoms with E-state index in [0.29, 0.717) is 28.2 Å². The van der Waals surface area contributed by atoms with Crippen molar-refractivity contribution in [2.75, 3.05) is 12.3 Å². The summed E-state index contributed by atoms with van der Waals surface area (Å²) in [5.41, 5.74) is 11.6. The summed E-state index contributed by atoms with van der Waals surface area (Å²) in [5.74, 6) is 0. The third-order valence-corrected chi connectivity index (χ3v) is 5.14. The standard InChI is InChI=1S/C24H20N4O/c1-17-9-10-21(13-23(17)26)28(29)15-19(22-7-3-2-6-18(22)14-25)12-20(16-28)24-8-4-5-11-27-24/h2-13,16H,15,26H2,1H3. The van der Waals surface area contributed by atoms with E-state index < -0.39 is 4.65 Å². The number of hydrogen-bond donors (Lipinski definition) is 1. The van der Waals surface area contributed by atoms with Crippen LogP contribution in [0, 0.1) is 23.5 Å². The van der Waals surface area contributed by atoms with E-state index in [1.165, 1.54) is 0 Å². The van der Waals surface area contributed by atoms with Gasteiger partial charge >= 0.3 is 0 Å². The van der Waals surface area contributed by atoms with Gasteiger partial charge in [-0.2, -0.15) is 5.26 Å². The van der Waals surface area contributed by atoms with Gasteiger partial charge < -0.3 is 10.9 Å². The summed E-state index contributed by atoms with van der Waals surface area (Å²) in [7, 11) is 0. The Morgan fingerprint density at radius 3 is 2.62 bits per heavy atom. The van der Waals surface area contributed by atoms with Gasteiger partial charge in [0.25, 0.3) is 0 Å². The Balaban J connectivity index is 1.90. The number of anilines is 1. The molecule has 0 amide bonds. The highest BCUT2D eigenvalue weighted by atomic mass is 16.5. The summed E-state index contributed by atoms with van der Waals surface area (Å²) in [6.07, 6.45) is 5.31. The van der Waals surface area contributed by atoms with Crippen LogP contribution in [0.3, 0.4) is 0 Å². The largest absolute Gasteiger partial charge is 0.622 e. The second kappa shape index (κ2) is 7.36. The first kappa shape index (κ1) is 18.6. The van der Waals surface area contributed by atoms with Crippen LogP contribution in [0.1, 0.15) is 22.4 Å². The molecule has 29 heavy (non-hydrogen) atoms. The zero-order chi connectivity index (χ0) is 20.4. The number of hydroxylamine groups is 2. The molecule has 0 radical (unpaired) electrons. The van der Waals surface area contributed by atoms with Gasteiger partial charge in [-0.05, 0) is 36.8 Å². The van der Waals surface area contributed by atoms with Crippen molar-refractivity contribution in [1.82, 2.24) is 9.63 Å². The zero-order valence-corrected chi connectivity index (χ0v) is 16.0. The third kappa shape index (κ3) is 3.55. The average Bonchev–Trinajstić information content (AvgIpc) is 2.75. The van der Waals surface area contributed by atoms with Gasteiger partial charge in [0.15, 0.2) is 0 Å². The van der Waals surface area contributed by atoms with Gasteiger partial charge in [-0.25, -0.2) is 0 Å². The second-order valence-electron chi connectivity index (χ2n) is 7.12. The van der Waals surface area contributed by atoms with Crippen molar-refractivity contribution in [1.29, 1.82) is 5.26 Å². The van der Waals surface area contributed by atoms with Crippen LogP contribution in [0.2, 0.25) is 0 Å². The van der Waals surface area contributed by atoms with Crippen LogP contribution in [-0.2, 0) is 0 Å². The van der Waals surface area contributed by atoms with Crippen molar-refractivity contribution in [3.8, 4) is 6.07 Å². The molecule has 1 aliphatic rings. The second-order valence-corrected chi connectivity index (χ2v) is 7.12. The van der Waals surface area contributed by atoms with Gasteiger partial charge in [0.2, 0.25) is 0 Å². The lowest BCUT2D eigenvalue weighted by Crippen LogP contribution is -2.40. The van der Waals surface area contributed by atoms with E-state index in [4.69, 9.17) is 5.73 Å². The quantitative estimate of drug-likeness (QED) is 0.402. The van der Waals surface area contributed by atoms with E-state index in [1.54, 1.807) is 24.5 Å². The molecule has 5 nitrogen and oxygen atoms in total. The van der Waals surface area contributed by atoms with Crippen LogP contribution in [0.5, 0.6) is 0 Å². The van der Waals surface area contributed by atoms with Gasteiger partial charge in [0.1, 0.15) is 18.4 Å². The predicted octanol–water partition coefficient (Wildman–Crippen LogP) is 4.79. The number of pyridine rings is 1. The molecule has 5 heteroatoms. The van der Waals surface area contributed by atoms with E-state index in [0.717, 1.165) is 16.7 Å². The van der Waals surface area contributed by atoms with Gasteiger partial charge in [-0.1, -0.05) is 30.3 Å². The Bertz CT molecular complexity index is 1170. The van der Waals surface area contributed by atoms with Crippen molar-refractivity contribution in [3.63, 3.8) is 0 Å². The Hall–Kier alpha value is -3.72. The Kier molecular flexibility index (Phi) is 4.73. The molecule has 1 aromatic heterocycles. The number of allylic oxidation sites excluding steroid dienone is 2. The van der Waals surface area contributed by atoms with E-state index >= 15 is 0 Å². The molecule has 2 heterocycles. The van der Waals surface area contributed by atoms with Crippen molar-refractivity contribution >= 4 is 22.5 Å². The van der Waals surface area contributed by atoms with Gasteiger partial charge in [-0.3, -0.25) is 9.63 Å². The molecule has 0 saturated heterocycles. The summed E-state index contributed by atoms with van der Waals surface area (Å²) < 4.78 is -0.706. The SMILES string of the molecule is Cc1ccc([N+]2([O-])C=C(c3ccccn3)C=C(c3ccccc3C#N)C2)cc1N. The first-order valence-electron chi connectivity index (χ1n) is 9.30. The van der Waals surface area contributed by atoms with Gasteiger partial charge in [-0.15, -0.1) is 0 Å². The number of aryl methyl sites for hydroxylation is 1. The van der Waals surface area contributed by atoms with Crippen LogP contribution in [0.4, 0.5) is 11.4 Å². The maximum Gasteiger partial charge on any atom is 0.139 e. The molecular weight excluding hydrogens is 360 g/mol. The van der Waals surface area contributed by atoms with E-state index in [2.05, 4.69) is 11.1 Å². The lowest BCUT2D eigenvalue weighted by Gasteiger charge is -2.42. The first-order valence-corrected chi connectivity index (χ1v) is 9.30. The maximum absolute atomic E-state index is 14.0. The fourth-order valence-corrected chi connectivity index (χ4v) is 3.52. The van der Waals surface area contributed by atoms with Crippen LogP contribution < -0.4 is 10.4 Å². The lowest BCUT2D eigenvalue weighted by atomic mass is 9.94. The molecule has 0 aliphatic carbocycles. The number of nitrogens with two attached hydrogens (primary N) is 1. The van der Waals surface area contributed by atoms with Crippen LogP contribution in [-0.4, -0.2) is 11.5 Å². The highest BCUT2D eigenvalue weighted by molar-refractivity contribution is 5.89. The number of rotatable bonds is 3. The molecule has 0 fully saturated rings. The molecule has 3 aromatic rings. The third-order valence-electron chi connectivity index (χ3n) is 5.14. The van der Waals surface area contributed by atoms with Crippen molar-refractivity contribution in [2.24, 2.45) is 0 Å². The number of nitrogens with zero attached hydrogens (tertiary/aromatic N) is 3. The number of benzene rings is 2. The smallest absolute Gasteiger partial charge is 0.139 e. The summed E-state index contributed by atoms with van der Waals surface area (Å²) in [5, 5.41) is 23.6. The molecule has 4 rings (SSSR count). The summed E-state index contributed by atoms with van der Waals surface area (Å²) in [6.45, 7) is 2.08. The van der Waals surface area contributed by atoms with Crippen molar-refractivity contribution in [2.45, 2.75) is 6.92 Å². The van der Waals surface area contributed by atoms with E-state index in [1.807, 2.05) is 61.5 Å². The van der Waals surface area contributed by atoms with Crippen molar-refractivity contribution in [3.05, 3.63) is 107 Å². The highest BCUT2D eigenvalue weighted by Gasteiger charge is 2.28. The number of quaternary nitrogens is 1. The number of hydrogen-bond acceptors (Lipinski definition) is 4. The maximum atomic E-state index is 14.0. The summed E-state index contributed by atoms with van der Waals surface area (Å²) in [6, 6.07) is 20.5. The summed E-state index contributed by atoms with van der Waals surface area (Å²) >= 11 is 0. The van der Waals surface area contributed by atoms with E-state index in [9.17, 15) is 10.5 Å². The summed E-state index contributed by atoms with van der Waals surface area (Å²) in [4.78, 5) is 4.41. The van der Waals surface area contributed by atoms with Gasteiger partial charge in [0.05, 0.1) is 22.9 Å². The molecule has 0 bridgehead atoms. The molecule has 2 N–H and O–H groups in total. The molecule has 142 valence electrons. The average molecular weight is 380 g/mol. The van der Waals surface area contributed by atoms with Gasteiger partial charge in [0, 0.05) is 35.2 Å². The Labute approximate surface area is 169 Å². The molecule has 0 spiro atoms. The molecule has 2 aromatic carbocycles.